The zero-order chi connectivity index (χ0) is 21.8. The van der Waals surface area contributed by atoms with E-state index in [1.807, 2.05) is 24.3 Å². The third-order valence-electron chi connectivity index (χ3n) is 4.76. The molecule has 1 aliphatic rings. The number of imidazole rings is 1. The number of para-hydroxylation sites is 2. The summed E-state index contributed by atoms with van der Waals surface area (Å²) in [4.78, 5) is 20.2. The number of nitrogens with one attached hydrogen (secondary N) is 2. The van der Waals surface area contributed by atoms with E-state index in [0.717, 1.165) is 11.0 Å². The van der Waals surface area contributed by atoms with Gasteiger partial charge in [-0.25, -0.2) is 13.4 Å². The third kappa shape index (κ3) is 4.85. The van der Waals surface area contributed by atoms with Crippen molar-refractivity contribution in [2.45, 2.75) is 10.1 Å². The summed E-state index contributed by atoms with van der Waals surface area (Å²) >= 11 is 1.26. The number of aromatic nitrogens is 2. The second-order valence-corrected chi connectivity index (χ2v) is 9.68. The monoisotopic (exact) mass is 462 g/mol. The summed E-state index contributed by atoms with van der Waals surface area (Å²) in [6, 6.07) is 12.0. The summed E-state index contributed by atoms with van der Waals surface area (Å²) in [7, 11) is -2.23. The van der Waals surface area contributed by atoms with E-state index >= 15 is 0 Å². The van der Waals surface area contributed by atoms with Gasteiger partial charge in [0.25, 0.3) is 0 Å². The van der Waals surface area contributed by atoms with E-state index < -0.39 is 10.0 Å². The van der Waals surface area contributed by atoms with Crippen LogP contribution in [-0.4, -0.2) is 67.8 Å². The first-order valence-corrected chi connectivity index (χ1v) is 12.0. The minimum absolute atomic E-state index is 0.0930. The topological polar surface area (TPSA) is 114 Å². The number of carbonyl (C=O) groups excluding carboxylic acids is 1. The second-order valence-electron chi connectivity index (χ2n) is 6.77. The highest BCUT2D eigenvalue weighted by Crippen LogP contribution is 2.29. The summed E-state index contributed by atoms with van der Waals surface area (Å²) in [5.41, 5.74) is 2.02. The van der Waals surface area contributed by atoms with Crippen LogP contribution in [0.25, 0.3) is 11.0 Å². The number of thioether (sulfide) groups is 1. The van der Waals surface area contributed by atoms with Crippen LogP contribution >= 0.6 is 11.8 Å². The normalized spacial score (nSPS) is 15.1. The van der Waals surface area contributed by atoms with Gasteiger partial charge in [-0.1, -0.05) is 23.9 Å². The maximum atomic E-state index is 12.9. The molecule has 9 nitrogen and oxygen atoms in total. The van der Waals surface area contributed by atoms with Gasteiger partial charge in [-0.2, -0.15) is 4.31 Å². The largest absolute Gasteiger partial charge is 0.495 e. The van der Waals surface area contributed by atoms with Gasteiger partial charge in [0.05, 0.1) is 47.7 Å². The zero-order valence-corrected chi connectivity index (χ0v) is 18.5. The molecule has 0 aliphatic carbocycles. The molecule has 4 rings (SSSR count). The van der Waals surface area contributed by atoms with Crippen LogP contribution in [0.5, 0.6) is 5.75 Å². The van der Waals surface area contributed by atoms with E-state index in [1.54, 1.807) is 0 Å². The Hall–Kier alpha value is -2.60. The van der Waals surface area contributed by atoms with E-state index in [2.05, 4.69) is 15.3 Å². The lowest BCUT2D eigenvalue weighted by Crippen LogP contribution is -2.40. The highest BCUT2D eigenvalue weighted by molar-refractivity contribution is 7.99. The quantitative estimate of drug-likeness (QED) is 0.518. The highest BCUT2D eigenvalue weighted by Gasteiger charge is 2.27. The Morgan fingerprint density at radius 1 is 1.26 bits per heavy atom. The van der Waals surface area contributed by atoms with Crippen LogP contribution in [0.15, 0.2) is 52.5 Å². The first kappa shape index (κ1) is 21.6. The molecule has 2 N–H and O–H groups in total. The van der Waals surface area contributed by atoms with Gasteiger partial charge in [0.15, 0.2) is 5.16 Å². The number of morpholine rings is 1. The third-order valence-corrected chi connectivity index (χ3v) is 7.53. The van der Waals surface area contributed by atoms with Crippen molar-refractivity contribution in [3.8, 4) is 5.75 Å². The van der Waals surface area contributed by atoms with Crippen LogP contribution in [0.1, 0.15) is 0 Å². The SMILES string of the molecule is COc1ccc(S(=O)(=O)N2CCOCC2)cc1NC(=O)CSc1nc2ccccc2[nH]1. The molecule has 0 atom stereocenters. The fourth-order valence-electron chi connectivity index (χ4n) is 3.20. The predicted octanol–water partition coefficient (Wildman–Crippen LogP) is 2.32. The average molecular weight is 463 g/mol. The van der Waals surface area contributed by atoms with Crippen LogP contribution in [0.3, 0.4) is 0 Å². The maximum absolute atomic E-state index is 12.9. The molecule has 1 fully saturated rings. The number of methoxy groups -OCH3 is 1. The number of amides is 1. The average Bonchev–Trinajstić information content (AvgIpc) is 3.21. The van der Waals surface area contributed by atoms with Gasteiger partial charge in [-0.05, 0) is 30.3 Å². The van der Waals surface area contributed by atoms with E-state index in [0.29, 0.717) is 42.9 Å². The molecule has 3 aromatic rings. The summed E-state index contributed by atoms with van der Waals surface area (Å²) < 4.78 is 37.7. The fourth-order valence-corrected chi connectivity index (χ4v) is 5.32. The molecule has 1 saturated heterocycles. The van der Waals surface area contributed by atoms with Crippen molar-refractivity contribution in [2.75, 3.05) is 44.5 Å². The number of fused-ring (bicyclic) bond motifs is 1. The number of anilines is 1. The molecule has 0 saturated carbocycles. The minimum atomic E-state index is -3.69. The standard InChI is InChI=1S/C20H22N4O5S2/c1-28-18-7-6-14(31(26,27)24-8-10-29-11-9-24)12-17(18)21-19(25)13-30-20-22-15-4-2-3-5-16(15)23-20/h2-7,12H,8-11,13H2,1H3,(H,21,25)(H,22,23). The molecule has 164 valence electrons. The molecule has 31 heavy (non-hydrogen) atoms. The Balaban J connectivity index is 1.47. The van der Waals surface area contributed by atoms with Crippen molar-refractivity contribution >= 4 is 44.4 Å². The Morgan fingerprint density at radius 2 is 2.03 bits per heavy atom. The molecule has 2 aromatic carbocycles. The summed E-state index contributed by atoms with van der Waals surface area (Å²) in [6.45, 7) is 1.31. The van der Waals surface area contributed by atoms with Crippen LogP contribution in [0.2, 0.25) is 0 Å². The summed E-state index contributed by atoms with van der Waals surface area (Å²) in [5, 5.41) is 3.38. The number of H-pyrrole nitrogens is 1. The second kappa shape index (κ2) is 9.27. The molecule has 0 radical (unpaired) electrons. The van der Waals surface area contributed by atoms with Gasteiger partial charge in [0, 0.05) is 13.1 Å². The van der Waals surface area contributed by atoms with Gasteiger partial charge in [0.1, 0.15) is 5.75 Å². The molecule has 0 unspecified atom stereocenters. The number of hydrogen-bond acceptors (Lipinski definition) is 7. The van der Waals surface area contributed by atoms with E-state index in [4.69, 9.17) is 9.47 Å². The number of carbonyl (C=O) groups is 1. The van der Waals surface area contributed by atoms with Gasteiger partial charge in [-0.3, -0.25) is 4.79 Å². The Morgan fingerprint density at radius 3 is 2.77 bits per heavy atom. The molecule has 11 heteroatoms. The smallest absolute Gasteiger partial charge is 0.243 e. The molecule has 1 amide bonds. The number of aromatic amines is 1. The highest BCUT2D eigenvalue weighted by atomic mass is 32.2. The number of rotatable bonds is 7. The van der Waals surface area contributed by atoms with Crippen LogP contribution < -0.4 is 10.1 Å². The first-order valence-electron chi connectivity index (χ1n) is 9.61. The Kier molecular flexibility index (Phi) is 6.46. The summed E-state index contributed by atoms with van der Waals surface area (Å²) in [5.74, 6) is 0.177. The number of sulfonamides is 1. The number of nitrogens with zero attached hydrogens (tertiary/aromatic N) is 2. The predicted molar refractivity (Wildman–Crippen MR) is 118 cm³/mol. The minimum Gasteiger partial charge on any atom is -0.495 e. The fraction of sp³-hybridized carbons (Fsp3) is 0.300. The number of hydrogen-bond donors (Lipinski definition) is 2. The van der Waals surface area contributed by atoms with Crippen molar-refractivity contribution in [1.82, 2.24) is 14.3 Å². The molecule has 2 heterocycles. The molecule has 1 aliphatic heterocycles. The van der Waals surface area contributed by atoms with Gasteiger partial charge >= 0.3 is 0 Å². The van der Waals surface area contributed by atoms with Crippen molar-refractivity contribution in [3.63, 3.8) is 0 Å². The Bertz CT molecular complexity index is 1160. The number of benzene rings is 2. The first-order chi connectivity index (χ1) is 15.0. The summed E-state index contributed by atoms with van der Waals surface area (Å²) in [6.07, 6.45) is 0. The van der Waals surface area contributed by atoms with Gasteiger partial charge < -0.3 is 19.8 Å². The Labute approximate surface area is 184 Å². The molecular formula is C20H22N4O5S2. The van der Waals surface area contributed by atoms with Crippen molar-refractivity contribution in [1.29, 1.82) is 0 Å². The zero-order valence-electron chi connectivity index (χ0n) is 16.8. The molecule has 0 bridgehead atoms. The van der Waals surface area contributed by atoms with Crippen molar-refractivity contribution in [2.24, 2.45) is 0 Å². The van der Waals surface area contributed by atoms with Crippen molar-refractivity contribution < 1.29 is 22.7 Å². The van der Waals surface area contributed by atoms with Gasteiger partial charge in [-0.15, -0.1) is 0 Å². The van der Waals surface area contributed by atoms with E-state index in [-0.39, 0.29) is 16.6 Å². The lowest BCUT2D eigenvalue weighted by atomic mass is 10.3. The van der Waals surface area contributed by atoms with Crippen LogP contribution in [0.4, 0.5) is 5.69 Å². The van der Waals surface area contributed by atoms with E-state index in [1.165, 1.54) is 41.4 Å². The van der Waals surface area contributed by atoms with Crippen molar-refractivity contribution in [3.05, 3.63) is 42.5 Å². The van der Waals surface area contributed by atoms with Gasteiger partial charge in [0.2, 0.25) is 15.9 Å². The molecule has 0 spiro atoms. The molecular weight excluding hydrogens is 440 g/mol. The number of ether oxygens (including phenoxy) is 2. The molecule has 1 aromatic heterocycles. The van der Waals surface area contributed by atoms with Crippen LogP contribution in [0, 0.1) is 0 Å². The van der Waals surface area contributed by atoms with E-state index in [9.17, 15) is 13.2 Å². The van der Waals surface area contributed by atoms with Crippen LogP contribution in [-0.2, 0) is 19.6 Å². The maximum Gasteiger partial charge on any atom is 0.243 e. The lowest BCUT2D eigenvalue weighted by Gasteiger charge is -2.26. The lowest BCUT2D eigenvalue weighted by molar-refractivity contribution is -0.113.